The fourth-order valence-electron chi connectivity index (χ4n) is 5.24. The Bertz CT molecular complexity index is 1120. The molecule has 2 aliphatic heterocycles. The van der Waals surface area contributed by atoms with E-state index in [-0.39, 0.29) is 31.5 Å². The maximum Gasteiger partial charge on any atom is 0.429 e. The number of rotatable bonds is 8. The number of carbonyl (C=O) groups excluding carboxylic acids is 2. The van der Waals surface area contributed by atoms with Gasteiger partial charge in [-0.2, -0.15) is 0 Å². The van der Waals surface area contributed by atoms with Crippen LogP contribution >= 0.6 is 0 Å². The summed E-state index contributed by atoms with van der Waals surface area (Å²) in [5.41, 5.74) is 2.92. The summed E-state index contributed by atoms with van der Waals surface area (Å²) in [7, 11) is 1.70. The van der Waals surface area contributed by atoms with Gasteiger partial charge in [0.2, 0.25) is 0 Å². The monoisotopic (exact) mass is 515 g/mol. The van der Waals surface area contributed by atoms with Crippen molar-refractivity contribution in [1.82, 2.24) is 14.9 Å². The lowest BCUT2D eigenvalue weighted by Gasteiger charge is -2.36. The van der Waals surface area contributed by atoms with E-state index in [1.54, 1.807) is 7.11 Å². The molecule has 2 amide bonds. The van der Waals surface area contributed by atoms with Crippen LogP contribution in [0.3, 0.4) is 0 Å². The van der Waals surface area contributed by atoms with Crippen LogP contribution < -0.4 is 0 Å². The minimum absolute atomic E-state index is 0.124. The van der Waals surface area contributed by atoms with Gasteiger partial charge >= 0.3 is 12.2 Å². The highest BCUT2D eigenvalue weighted by molar-refractivity contribution is 5.76. The number of hydrazine groups is 1. The van der Waals surface area contributed by atoms with Crippen molar-refractivity contribution in [3.8, 4) is 0 Å². The predicted molar refractivity (Wildman–Crippen MR) is 142 cm³/mol. The highest BCUT2D eigenvalue weighted by Crippen LogP contribution is 2.33. The van der Waals surface area contributed by atoms with Gasteiger partial charge in [0.05, 0.1) is 12.1 Å². The lowest BCUT2D eigenvalue weighted by molar-refractivity contribution is -0.0460. The molecule has 5 rings (SSSR count). The summed E-state index contributed by atoms with van der Waals surface area (Å²) in [4.78, 5) is 29.0. The van der Waals surface area contributed by atoms with Crippen molar-refractivity contribution in [2.24, 2.45) is 0 Å². The number of amides is 2. The first-order chi connectivity index (χ1) is 18.6. The summed E-state index contributed by atoms with van der Waals surface area (Å²) in [6.45, 7) is 1.37. The molecule has 0 radical (unpaired) electrons. The molecule has 2 aliphatic rings. The molecular formula is C30H33N3O5. The van der Waals surface area contributed by atoms with Crippen LogP contribution in [-0.4, -0.2) is 65.6 Å². The van der Waals surface area contributed by atoms with E-state index in [2.05, 4.69) is 17.0 Å². The highest BCUT2D eigenvalue weighted by atomic mass is 16.6. The molecular weight excluding hydrogens is 482 g/mol. The van der Waals surface area contributed by atoms with Crippen LogP contribution in [0, 0.1) is 0 Å². The third-order valence-electron chi connectivity index (χ3n) is 7.08. The van der Waals surface area contributed by atoms with Gasteiger partial charge in [0.1, 0.15) is 19.4 Å². The van der Waals surface area contributed by atoms with Crippen molar-refractivity contribution in [1.29, 1.82) is 0 Å². The third kappa shape index (κ3) is 5.98. The summed E-state index contributed by atoms with van der Waals surface area (Å²) in [6, 6.07) is 28.7. The summed E-state index contributed by atoms with van der Waals surface area (Å²) >= 11 is 0. The second kappa shape index (κ2) is 12.1. The number of nitrogens with zero attached hydrogens (tertiary/aromatic N) is 3. The van der Waals surface area contributed by atoms with Gasteiger partial charge in [-0.05, 0) is 23.1 Å². The van der Waals surface area contributed by atoms with Gasteiger partial charge < -0.3 is 14.2 Å². The zero-order chi connectivity index (χ0) is 26.3. The molecule has 3 aromatic carbocycles. The number of carbonyl (C=O) groups is 2. The standard InChI is InChI=1S/C30H33N3O5/c1-36-28(17-23-11-5-2-6-12-23)31-19-26-18-27(20-31)33(30(35)38-22-25-15-9-4-10-16-25)32(26)29(34)37-21-24-13-7-3-8-14-24/h2-16,26-28H,17-22H2,1H3. The summed E-state index contributed by atoms with van der Waals surface area (Å²) in [6.07, 6.45) is 0.0475. The van der Waals surface area contributed by atoms with E-state index in [9.17, 15) is 9.59 Å². The normalized spacial score (nSPS) is 19.7. The Hall–Kier alpha value is -3.88. The van der Waals surface area contributed by atoms with Crippen LogP contribution in [-0.2, 0) is 33.8 Å². The summed E-state index contributed by atoms with van der Waals surface area (Å²) < 4.78 is 17.2. The first-order valence-electron chi connectivity index (χ1n) is 12.9. The predicted octanol–water partition coefficient (Wildman–Crippen LogP) is 4.85. The molecule has 8 nitrogen and oxygen atoms in total. The summed E-state index contributed by atoms with van der Waals surface area (Å²) in [5.74, 6) is 0. The van der Waals surface area contributed by atoms with E-state index in [0.29, 0.717) is 25.9 Å². The molecule has 2 heterocycles. The Labute approximate surface area is 223 Å². The van der Waals surface area contributed by atoms with Gasteiger partial charge in [-0.1, -0.05) is 91.0 Å². The van der Waals surface area contributed by atoms with Gasteiger partial charge in [-0.15, -0.1) is 0 Å². The number of fused-ring (bicyclic) bond motifs is 2. The fourth-order valence-corrected chi connectivity index (χ4v) is 5.24. The van der Waals surface area contributed by atoms with Gasteiger partial charge in [-0.3, -0.25) is 4.90 Å². The molecule has 0 N–H and O–H groups in total. The molecule has 2 saturated heterocycles. The van der Waals surface area contributed by atoms with Crippen molar-refractivity contribution in [3.63, 3.8) is 0 Å². The molecule has 0 aliphatic carbocycles. The molecule has 3 atom stereocenters. The Kier molecular flexibility index (Phi) is 8.21. The zero-order valence-corrected chi connectivity index (χ0v) is 21.5. The second-order valence-electron chi connectivity index (χ2n) is 9.65. The molecule has 2 fully saturated rings. The highest BCUT2D eigenvalue weighted by Gasteiger charge is 2.51. The Morgan fingerprint density at radius 1 is 0.711 bits per heavy atom. The van der Waals surface area contributed by atoms with E-state index < -0.39 is 12.2 Å². The average molecular weight is 516 g/mol. The minimum Gasteiger partial charge on any atom is -0.443 e. The molecule has 0 spiro atoms. The first-order valence-corrected chi connectivity index (χ1v) is 12.9. The Morgan fingerprint density at radius 2 is 1.13 bits per heavy atom. The number of ether oxygens (including phenoxy) is 3. The third-order valence-corrected chi connectivity index (χ3v) is 7.08. The minimum atomic E-state index is -0.558. The van der Waals surface area contributed by atoms with Crippen LogP contribution in [0.5, 0.6) is 0 Å². The van der Waals surface area contributed by atoms with Crippen molar-refractivity contribution < 1.29 is 23.8 Å². The average Bonchev–Trinajstić information content (AvgIpc) is 3.24. The van der Waals surface area contributed by atoms with Crippen molar-refractivity contribution in [2.75, 3.05) is 20.2 Å². The SMILES string of the molecule is COC(Cc1ccccc1)N1CC2CC(C1)N(C(=O)OCc1ccccc1)N2C(=O)OCc1ccccc1. The van der Waals surface area contributed by atoms with Crippen LogP contribution in [0.2, 0.25) is 0 Å². The largest absolute Gasteiger partial charge is 0.443 e. The van der Waals surface area contributed by atoms with E-state index >= 15 is 0 Å². The maximum absolute atomic E-state index is 13.4. The summed E-state index contributed by atoms with van der Waals surface area (Å²) in [5, 5.41) is 2.91. The van der Waals surface area contributed by atoms with E-state index in [1.807, 2.05) is 78.9 Å². The van der Waals surface area contributed by atoms with Crippen molar-refractivity contribution in [2.45, 2.75) is 44.4 Å². The van der Waals surface area contributed by atoms with Gasteiger partial charge in [0.15, 0.2) is 0 Å². The lowest BCUT2D eigenvalue weighted by atomic mass is 10.0. The van der Waals surface area contributed by atoms with Crippen molar-refractivity contribution >= 4 is 12.2 Å². The number of likely N-dealkylation sites (tertiary alicyclic amines) is 1. The molecule has 38 heavy (non-hydrogen) atoms. The lowest BCUT2D eigenvalue weighted by Crippen LogP contribution is -2.50. The quantitative estimate of drug-likeness (QED) is 0.427. The second-order valence-corrected chi connectivity index (χ2v) is 9.65. The molecule has 198 valence electrons. The van der Waals surface area contributed by atoms with E-state index in [0.717, 1.165) is 16.7 Å². The van der Waals surface area contributed by atoms with Crippen LogP contribution in [0.15, 0.2) is 91.0 Å². The van der Waals surface area contributed by atoms with Gasteiger partial charge in [0.25, 0.3) is 0 Å². The molecule has 0 saturated carbocycles. The van der Waals surface area contributed by atoms with Crippen LogP contribution in [0.25, 0.3) is 0 Å². The molecule has 8 heteroatoms. The van der Waals surface area contributed by atoms with Crippen LogP contribution in [0.1, 0.15) is 23.1 Å². The zero-order valence-electron chi connectivity index (χ0n) is 21.5. The Morgan fingerprint density at radius 3 is 1.55 bits per heavy atom. The molecule has 3 unspecified atom stereocenters. The molecule has 3 aromatic rings. The molecule has 0 aromatic heterocycles. The number of hydrogen-bond acceptors (Lipinski definition) is 6. The fraction of sp³-hybridized carbons (Fsp3) is 0.333. The van der Waals surface area contributed by atoms with Crippen LogP contribution in [0.4, 0.5) is 9.59 Å². The maximum atomic E-state index is 13.4. The smallest absolute Gasteiger partial charge is 0.429 e. The van der Waals surface area contributed by atoms with E-state index in [4.69, 9.17) is 14.2 Å². The number of hydrogen-bond donors (Lipinski definition) is 0. The van der Waals surface area contributed by atoms with Gasteiger partial charge in [-0.25, -0.2) is 19.6 Å². The number of methoxy groups -OCH3 is 1. The number of benzene rings is 3. The molecule has 2 bridgehead atoms. The van der Waals surface area contributed by atoms with E-state index in [1.165, 1.54) is 10.0 Å². The van der Waals surface area contributed by atoms with Gasteiger partial charge in [0, 0.05) is 26.6 Å². The first kappa shape index (κ1) is 25.8. The number of piperidine rings is 1. The Balaban J connectivity index is 1.33. The topological polar surface area (TPSA) is 71.6 Å². The van der Waals surface area contributed by atoms with Crippen molar-refractivity contribution in [3.05, 3.63) is 108 Å².